The lowest BCUT2D eigenvalue weighted by Crippen LogP contribution is -2.53. The molecule has 2 N–H and O–H groups in total. The first-order chi connectivity index (χ1) is 9.53. The summed E-state index contributed by atoms with van der Waals surface area (Å²) in [4.78, 5) is 27.6. The molecule has 2 aliphatic rings. The van der Waals surface area contributed by atoms with E-state index < -0.39 is 11.4 Å². The Bertz CT molecular complexity index is 359. The molecule has 0 unspecified atom stereocenters. The van der Waals surface area contributed by atoms with Crippen molar-refractivity contribution in [1.82, 2.24) is 15.1 Å². The Hall–Kier alpha value is -1.30. The molecule has 0 aromatic rings. The highest BCUT2D eigenvalue weighted by atomic mass is 16.4. The smallest absolute Gasteiger partial charge is 0.317 e. The van der Waals surface area contributed by atoms with E-state index in [4.69, 9.17) is 0 Å². The van der Waals surface area contributed by atoms with Gasteiger partial charge in [-0.3, -0.25) is 4.79 Å². The standard InChI is InChI=1S/C14H25N3O3/c1-16-7-9-17(10-8-16)13(20)15-11-14(12(18)19)5-3-2-4-6-14/h2-11H2,1H3,(H,15,20)(H,18,19). The van der Waals surface area contributed by atoms with Crippen LogP contribution >= 0.6 is 0 Å². The van der Waals surface area contributed by atoms with Crippen LogP contribution in [0.2, 0.25) is 0 Å². The van der Waals surface area contributed by atoms with Crippen molar-refractivity contribution in [2.45, 2.75) is 32.1 Å². The number of nitrogens with zero attached hydrogens (tertiary/aromatic N) is 2. The second kappa shape index (κ2) is 6.43. The molecule has 0 aromatic heterocycles. The second-order valence-corrected chi connectivity index (χ2v) is 6.10. The molecule has 1 heterocycles. The third-order valence-electron chi connectivity index (χ3n) is 4.63. The first kappa shape index (κ1) is 15.1. The average molecular weight is 283 g/mol. The van der Waals surface area contributed by atoms with E-state index in [9.17, 15) is 14.7 Å². The molecule has 114 valence electrons. The quantitative estimate of drug-likeness (QED) is 0.810. The van der Waals surface area contributed by atoms with Gasteiger partial charge in [-0.2, -0.15) is 0 Å². The lowest BCUT2D eigenvalue weighted by Gasteiger charge is -2.36. The van der Waals surface area contributed by atoms with E-state index in [2.05, 4.69) is 10.2 Å². The molecule has 0 atom stereocenters. The van der Waals surface area contributed by atoms with Crippen LogP contribution < -0.4 is 5.32 Å². The normalized spacial score (nSPS) is 23.4. The highest BCUT2D eigenvalue weighted by Gasteiger charge is 2.40. The van der Waals surface area contributed by atoms with Crippen LogP contribution in [0.25, 0.3) is 0 Å². The number of carbonyl (C=O) groups is 2. The van der Waals surface area contributed by atoms with Crippen molar-refractivity contribution in [2.24, 2.45) is 5.41 Å². The van der Waals surface area contributed by atoms with E-state index in [0.29, 0.717) is 25.9 Å². The number of hydrogen-bond donors (Lipinski definition) is 2. The third kappa shape index (κ3) is 3.42. The number of nitrogens with one attached hydrogen (secondary N) is 1. The Balaban J connectivity index is 1.86. The summed E-state index contributed by atoms with van der Waals surface area (Å²) in [6.07, 6.45) is 4.32. The molecule has 6 heteroatoms. The topological polar surface area (TPSA) is 72.9 Å². The minimum Gasteiger partial charge on any atom is -0.481 e. The van der Waals surface area contributed by atoms with Gasteiger partial charge < -0.3 is 20.2 Å². The first-order valence-electron chi connectivity index (χ1n) is 7.48. The van der Waals surface area contributed by atoms with Crippen LogP contribution in [-0.2, 0) is 4.79 Å². The van der Waals surface area contributed by atoms with Gasteiger partial charge in [0.2, 0.25) is 0 Å². The number of rotatable bonds is 3. The number of urea groups is 1. The molecule has 1 aliphatic heterocycles. The van der Waals surface area contributed by atoms with Gasteiger partial charge in [0, 0.05) is 32.7 Å². The maximum Gasteiger partial charge on any atom is 0.317 e. The minimum absolute atomic E-state index is 0.121. The van der Waals surface area contributed by atoms with Crippen LogP contribution in [0.15, 0.2) is 0 Å². The molecule has 20 heavy (non-hydrogen) atoms. The molecular weight excluding hydrogens is 258 g/mol. The fourth-order valence-electron chi connectivity index (χ4n) is 3.06. The molecular formula is C14H25N3O3. The van der Waals surface area contributed by atoms with Gasteiger partial charge in [-0.1, -0.05) is 19.3 Å². The van der Waals surface area contributed by atoms with Crippen LogP contribution in [-0.4, -0.2) is 66.7 Å². The number of aliphatic carboxylic acids is 1. The summed E-state index contributed by atoms with van der Waals surface area (Å²) in [7, 11) is 2.04. The summed E-state index contributed by atoms with van der Waals surface area (Å²) in [5.41, 5.74) is -0.750. The lowest BCUT2D eigenvalue weighted by atomic mass is 9.74. The Morgan fingerprint density at radius 3 is 2.25 bits per heavy atom. The van der Waals surface area contributed by atoms with Gasteiger partial charge in [0.15, 0.2) is 0 Å². The monoisotopic (exact) mass is 283 g/mol. The number of carboxylic acid groups (broad SMARTS) is 1. The van der Waals surface area contributed by atoms with E-state index in [1.54, 1.807) is 4.90 Å². The van der Waals surface area contributed by atoms with Crippen LogP contribution in [0, 0.1) is 5.41 Å². The fraction of sp³-hybridized carbons (Fsp3) is 0.857. The van der Waals surface area contributed by atoms with Crippen molar-refractivity contribution in [3.8, 4) is 0 Å². The van der Waals surface area contributed by atoms with Gasteiger partial charge in [0.05, 0.1) is 5.41 Å². The summed E-state index contributed by atoms with van der Waals surface area (Å²) in [6, 6.07) is -0.121. The van der Waals surface area contributed by atoms with Gasteiger partial charge in [0.25, 0.3) is 0 Å². The zero-order chi connectivity index (χ0) is 14.6. The van der Waals surface area contributed by atoms with Gasteiger partial charge in [-0.15, -0.1) is 0 Å². The van der Waals surface area contributed by atoms with Gasteiger partial charge in [-0.05, 0) is 19.9 Å². The summed E-state index contributed by atoms with van der Waals surface area (Å²) in [6.45, 7) is 3.42. The second-order valence-electron chi connectivity index (χ2n) is 6.10. The largest absolute Gasteiger partial charge is 0.481 e. The Labute approximate surface area is 120 Å². The van der Waals surface area contributed by atoms with Gasteiger partial charge in [-0.25, -0.2) is 4.79 Å². The molecule has 6 nitrogen and oxygen atoms in total. The number of hydrogen-bond acceptors (Lipinski definition) is 3. The van der Waals surface area contributed by atoms with E-state index in [-0.39, 0.29) is 12.6 Å². The van der Waals surface area contributed by atoms with Crippen molar-refractivity contribution in [3.63, 3.8) is 0 Å². The predicted molar refractivity (Wildman–Crippen MR) is 75.6 cm³/mol. The fourth-order valence-corrected chi connectivity index (χ4v) is 3.06. The van der Waals surface area contributed by atoms with Crippen molar-refractivity contribution in [3.05, 3.63) is 0 Å². The van der Waals surface area contributed by atoms with Crippen molar-refractivity contribution < 1.29 is 14.7 Å². The number of carboxylic acids is 1. The summed E-state index contributed by atoms with van der Waals surface area (Å²) in [5.74, 6) is -0.768. The highest BCUT2D eigenvalue weighted by Crippen LogP contribution is 2.36. The molecule has 2 amide bonds. The van der Waals surface area contributed by atoms with E-state index in [0.717, 1.165) is 32.4 Å². The molecule has 2 fully saturated rings. The summed E-state index contributed by atoms with van der Waals surface area (Å²) in [5, 5.41) is 12.3. The van der Waals surface area contributed by atoms with Crippen LogP contribution in [0.4, 0.5) is 4.79 Å². The highest BCUT2D eigenvalue weighted by molar-refractivity contribution is 5.78. The van der Waals surface area contributed by atoms with Crippen LogP contribution in [0.3, 0.4) is 0 Å². The summed E-state index contributed by atoms with van der Waals surface area (Å²) < 4.78 is 0. The summed E-state index contributed by atoms with van der Waals surface area (Å²) >= 11 is 0. The molecule has 1 saturated heterocycles. The van der Waals surface area contributed by atoms with Crippen molar-refractivity contribution in [2.75, 3.05) is 39.8 Å². The number of piperazine rings is 1. The Morgan fingerprint density at radius 2 is 1.70 bits per heavy atom. The SMILES string of the molecule is CN1CCN(C(=O)NCC2(C(=O)O)CCCCC2)CC1. The van der Waals surface area contributed by atoms with Crippen molar-refractivity contribution >= 4 is 12.0 Å². The predicted octanol–water partition coefficient (Wildman–Crippen LogP) is 0.978. The van der Waals surface area contributed by atoms with E-state index in [1.807, 2.05) is 7.05 Å². The molecule has 1 aliphatic carbocycles. The zero-order valence-electron chi connectivity index (χ0n) is 12.2. The van der Waals surface area contributed by atoms with Crippen LogP contribution in [0.1, 0.15) is 32.1 Å². The van der Waals surface area contributed by atoms with E-state index in [1.165, 1.54) is 0 Å². The molecule has 0 radical (unpaired) electrons. The Kier molecular flexibility index (Phi) is 4.86. The zero-order valence-corrected chi connectivity index (χ0v) is 12.2. The lowest BCUT2D eigenvalue weighted by molar-refractivity contribution is -0.150. The van der Waals surface area contributed by atoms with Gasteiger partial charge in [0.1, 0.15) is 0 Å². The molecule has 0 aromatic carbocycles. The van der Waals surface area contributed by atoms with Gasteiger partial charge >= 0.3 is 12.0 Å². The molecule has 0 bridgehead atoms. The molecule has 0 spiro atoms. The van der Waals surface area contributed by atoms with Crippen LogP contribution in [0.5, 0.6) is 0 Å². The number of amides is 2. The average Bonchev–Trinajstić information content (AvgIpc) is 2.46. The maximum absolute atomic E-state index is 12.1. The first-order valence-corrected chi connectivity index (χ1v) is 7.48. The maximum atomic E-state index is 12.1. The minimum atomic E-state index is -0.768. The molecule has 2 rings (SSSR count). The number of carbonyl (C=O) groups excluding carboxylic acids is 1. The third-order valence-corrected chi connectivity index (χ3v) is 4.63. The van der Waals surface area contributed by atoms with Crippen molar-refractivity contribution in [1.29, 1.82) is 0 Å². The Morgan fingerprint density at radius 1 is 1.10 bits per heavy atom. The number of likely N-dealkylation sites (N-methyl/N-ethyl adjacent to an activating group) is 1. The van der Waals surface area contributed by atoms with E-state index >= 15 is 0 Å². The molecule has 1 saturated carbocycles.